The van der Waals surface area contributed by atoms with Crippen molar-refractivity contribution in [2.24, 2.45) is 0 Å². The van der Waals surface area contributed by atoms with Crippen molar-refractivity contribution in [3.05, 3.63) is 99.2 Å². The molecule has 9 nitrogen and oxygen atoms in total. The SMILES string of the molecule is CCOC(=O)c1c(NCc2cccc(CN(C)C)c2)c2c(C)ncnc2n(OCc2ccccc2)c1=O. The first-order chi connectivity index (χ1) is 17.9. The highest BCUT2D eigenvalue weighted by atomic mass is 16.7. The minimum absolute atomic E-state index is 0.118. The molecule has 37 heavy (non-hydrogen) atoms. The van der Waals surface area contributed by atoms with Gasteiger partial charge >= 0.3 is 11.5 Å². The van der Waals surface area contributed by atoms with Gasteiger partial charge in [-0.15, -0.1) is 4.73 Å². The van der Waals surface area contributed by atoms with Crippen LogP contribution in [0, 0.1) is 6.92 Å². The van der Waals surface area contributed by atoms with Crippen LogP contribution in [0.5, 0.6) is 0 Å². The first-order valence-electron chi connectivity index (χ1n) is 12.1. The molecule has 0 aliphatic carbocycles. The van der Waals surface area contributed by atoms with Crippen molar-refractivity contribution in [3.8, 4) is 0 Å². The number of ether oxygens (including phenoxy) is 1. The first-order valence-corrected chi connectivity index (χ1v) is 12.1. The van der Waals surface area contributed by atoms with Crippen molar-refractivity contribution in [1.29, 1.82) is 0 Å². The van der Waals surface area contributed by atoms with Gasteiger partial charge in [0.1, 0.15) is 12.9 Å². The maximum atomic E-state index is 13.7. The Labute approximate surface area is 215 Å². The average Bonchev–Trinajstić information content (AvgIpc) is 2.87. The molecule has 9 heteroatoms. The van der Waals surface area contributed by atoms with Gasteiger partial charge in [0.05, 0.1) is 23.4 Å². The quantitative estimate of drug-likeness (QED) is 0.329. The van der Waals surface area contributed by atoms with Gasteiger partial charge in [-0.25, -0.2) is 14.8 Å². The number of pyridine rings is 1. The Hall–Kier alpha value is -4.24. The van der Waals surface area contributed by atoms with E-state index in [1.807, 2.05) is 56.6 Å². The lowest BCUT2D eigenvalue weighted by molar-refractivity contribution is 0.0513. The molecule has 2 aromatic heterocycles. The van der Waals surface area contributed by atoms with Gasteiger partial charge in [0.2, 0.25) is 0 Å². The second-order valence-electron chi connectivity index (χ2n) is 8.90. The van der Waals surface area contributed by atoms with Gasteiger partial charge in [0, 0.05) is 13.1 Å². The fourth-order valence-corrected chi connectivity index (χ4v) is 4.13. The number of anilines is 1. The monoisotopic (exact) mass is 501 g/mol. The van der Waals surface area contributed by atoms with Crippen molar-refractivity contribution in [2.75, 3.05) is 26.0 Å². The van der Waals surface area contributed by atoms with E-state index in [2.05, 4.69) is 32.3 Å². The molecular formula is C28H31N5O4. The summed E-state index contributed by atoms with van der Waals surface area (Å²) in [7, 11) is 4.03. The van der Waals surface area contributed by atoms with E-state index in [9.17, 15) is 9.59 Å². The third-order valence-corrected chi connectivity index (χ3v) is 5.75. The van der Waals surface area contributed by atoms with E-state index in [-0.39, 0.29) is 24.4 Å². The van der Waals surface area contributed by atoms with Gasteiger partial charge in [-0.05, 0) is 44.6 Å². The van der Waals surface area contributed by atoms with Crippen LogP contribution in [0.2, 0.25) is 0 Å². The number of rotatable bonds is 10. The van der Waals surface area contributed by atoms with E-state index < -0.39 is 11.5 Å². The number of carbonyl (C=O) groups excluding carboxylic acids is 1. The highest BCUT2D eigenvalue weighted by Gasteiger charge is 2.26. The van der Waals surface area contributed by atoms with Crippen LogP contribution in [0.1, 0.15) is 39.7 Å². The smallest absolute Gasteiger partial charge is 0.346 e. The molecule has 0 spiro atoms. The zero-order valence-corrected chi connectivity index (χ0v) is 21.5. The predicted octanol–water partition coefficient (Wildman–Crippen LogP) is 3.58. The van der Waals surface area contributed by atoms with Gasteiger partial charge in [-0.1, -0.05) is 54.6 Å². The van der Waals surface area contributed by atoms with Crippen LogP contribution in [0.25, 0.3) is 11.0 Å². The van der Waals surface area contributed by atoms with Gasteiger partial charge in [-0.2, -0.15) is 0 Å². The highest BCUT2D eigenvalue weighted by molar-refractivity contribution is 6.04. The van der Waals surface area contributed by atoms with E-state index in [0.29, 0.717) is 23.3 Å². The van der Waals surface area contributed by atoms with Crippen molar-refractivity contribution >= 4 is 22.7 Å². The number of hydrogen-bond acceptors (Lipinski definition) is 8. The fourth-order valence-electron chi connectivity index (χ4n) is 4.13. The maximum absolute atomic E-state index is 13.7. The molecule has 0 aliphatic rings. The Morgan fingerprint density at radius 1 is 1.03 bits per heavy atom. The molecule has 2 aromatic carbocycles. The van der Waals surface area contributed by atoms with Crippen LogP contribution in [-0.4, -0.2) is 46.3 Å². The van der Waals surface area contributed by atoms with Gasteiger partial charge < -0.3 is 19.8 Å². The molecule has 2 heterocycles. The Morgan fingerprint density at radius 2 is 1.76 bits per heavy atom. The number of aryl methyl sites for hydroxylation is 1. The molecule has 0 bridgehead atoms. The van der Waals surface area contributed by atoms with Gasteiger partial charge in [0.25, 0.3) is 0 Å². The minimum atomic E-state index is -0.737. The Bertz CT molecular complexity index is 1450. The normalized spacial score (nSPS) is 11.1. The summed E-state index contributed by atoms with van der Waals surface area (Å²) < 4.78 is 6.34. The van der Waals surface area contributed by atoms with Crippen LogP contribution in [0.3, 0.4) is 0 Å². The number of fused-ring (bicyclic) bond motifs is 1. The Balaban J connectivity index is 1.80. The van der Waals surface area contributed by atoms with Crippen LogP contribution in [-0.2, 0) is 24.4 Å². The molecule has 0 atom stereocenters. The predicted molar refractivity (Wildman–Crippen MR) is 142 cm³/mol. The first kappa shape index (κ1) is 25.8. The molecule has 0 saturated heterocycles. The van der Waals surface area contributed by atoms with Gasteiger partial charge in [-0.3, -0.25) is 4.79 Å². The summed E-state index contributed by atoms with van der Waals surface area (Å²) >= 11 is 0. The molecule has 0 unspecified atom stereocenters. The highest BCUT2D eigenvalue weighted by Crippen LogP contribution is 2.27. The lowest BCUT2D eigenvalue weighted by atomic mass is 10.1. The molecular weight excluding hydrogens is 470 g/mol. The molecule has 4 aromatic rings. The van der Waals surface area contributed by atoms with Crippen LogP contribution in [0.4, 0.5) is 5.69 Å². The zero-order chi connectivity index (χ0) is 26.4. The molecule has 0 aliphatic heterocycles. The van der Waals surface area contributed by atoms with Crippen LogP contribution in [0.15, 0.2) is 65.7 Å². The van der Waals surface area contributed by atoms with E-state index in [1.165, 1.54) is 6.33 Å². The molecule has 0 amide bonds. The summed E-state index contributed by atoms with van der Waals surface area (Å²) in [4.78, 5) is 43.4. The Morgan fingerprint density at radius 3 is 2.49 bits per heavy atom. The summed E-state index contributed by atoms with van der Waals surface area (Å²) in [5.41, 5.74) is 3.42. The summed E-state index contributed by atoms with van der Waals surface area (Å²) in [6.07, 6.45) is 1.37. The molecule has 4 rings (SSSR count). The van der Waals surface area contributed by atoms with E-state index >= 15 is 0 Å². The zero-order valence-electron chi connectivity index (χ0n) is 21.5. The van der Waals surface area contributed by atoms with E-state index in [0.717, 1.165) is 28.0 Å². The number of nitrogens with one attached hydrogen (secondary N) is 1. The van der Waals surface area contributed by atoms with Gasteiger partial charge in [0.15, 0.2) is 11.2 Å². The molecule has 1 N–H and O–H groups in total. The van der Waals surface area contributed by atoms with Crippen LogP contribution >= 0.6 is 0 Å². The van der Waals surface area contributed by atoms with E-state index in [1.54, 1.807) is 13.8 Å². The van der Waals surface area contributed by atoms with Crippen LogP contribution < -0.4 is 15.7 Å². The number of benzene rings is 2. The van der Waals surface area contributed by atoms with E-state index in [4.69, 9.17) is 9.57 Å². The van der Waals surface area contributed by atoms with Crippen molar-refractivity contribution in [1.82, 2.24) is 19.6 Å². The third kappa shape index (κ3) is 5.95. The Kier molecular flexibility index (Phi) is 8.15. The topological polar surface area (TPSA) is 98.6 Å². The molecule has 0 fully saturated rings. The average molecular weight is 502 g/mol. The number of esters is 1. The third-order valence-electron chi connectivity index (χ3n) is 5.75. The number of aromatic nitrogens is 3. The number of carbonyl (C=O) groups is 1. The van der Waals surface area contributed by atoms with Crippen molar-refractivity contribution < 1.29 is 14.4 Å². The lowest BCUT2D eigenvalue weighted by Gasteiger charge is -2.19. The number of hydrogen-bond donors (Lipinski definition) is 1. The summed E-state index contributed by atoms with van der Waals surface area (Å²) in [6, 6.07) is 17.6. The fraction of sp³-hybridized carbons (Fsp3) is 0.286. The van der Waals surface area contributed by atoms with Crippen molar-refractivity contribution in [3.63, 3.8) is 0 Å². The number of nitrogens with zero attached hydrogens (tertiary/aromatic N) is 4. The van der Waals surface area contributed by atoms with Crippen molar-refractivity contribution in [2.45, 2.75) is 33.5 Å². The summed E-state index contributed by atoms with van der Waals surface area (Å²) in [5.74, 6) is -0.737. The second kappa shape index (κ2) is 11.7. The maximum Gasteiger partial charge on any atom is 0.346 e. The molecule has 0 radical (unpaired) electrons. The second-order valence-corrected chi connectivity index (χ2v) is 8.90. The lowest BCUT2D eigenvalue weighted by Crippen LogP contribution is -2.34. The molecule has 0 saturated carbocycles. The standard InChI is InChI=1S/C28H31N5O4/c1-5-36-28(35)24-25(29-15-21-12-9-13-22(14-21)16-32(3)4)23-19(2)30-18-31-26(23)33(27(24)34)37-17-20-10-7-6-8-11-20/h6-14,18,29H,5,15-17H2,1-4H3. The summed E-state index contributed by atoms with van der Waals surface area (Å²) in [5, 5.41) is 3.83. The largest absolute Gasteiger partial charge is 0.462 e. The summed E-state index contributed by atoms with van der Waals surface area (Å²) in [6.45, 7) is 4.91. The molecule has 192 valence electrons. The minimum Gasteiger partial charge on any atom is -0.462 e.